The lowest BCUT2D eigenvalue weighted by atomic mass is 10.2. The summed E-state index contributed by atoms with van der Waals surface area (Å²) in [5, 5.41) is 12.1. The van der Waals surface area contributed by atoms with Crippen LogP contribution in [0.2, 0.25) is 0 Å². The molecular weight excluding hydrogens is 269 g/mol. The third kappa shape index (κ3) is 3.76. The molecule has 1 aromatic heterocycles. The summed E-state index contributed by atoms with van der Waals surface area (Å²) in [5.41, 5.74) is 0.945. The Morgan fingerprint density at radius 2 is 2.17 bits per heavy atom. The summed E-state index contributed by atoms with van der Waals surface area (Å²) in [4.78, 5) is 0.860. The van der Waals surface area contributed by atoms with Crippen molar-refractivity contribution in [2.45, 2.75) is 29.6 Å². The lowest BCUT2D eigenvalue weighted by Crippen LogP contribution is -2.11. The van der Waals surface area contributed by atoms with Crippen LogP contribution in [-0.2, 0) is 6.54 Å². The second-order valence-electron chi connectivity index (χ2n) is 3.76. The summed E-state index contributed by atoms with van der Waals surface area (Å²) < 4.78 is 14.3. The molecule has 0 saturated carbocycles. The van der Waals surface area contributed by atoms with Gasteiger partial charge in [-0.1, -0.05) is 30.0 Å². The lowest BCUT2D eigenvalue weighted by molar-refractivity contribution is 0.617. The molecule has 1 aromatic carbocycles. The number of aromatic nitrogens is 2. The van der Waals surface area contributed by atoms with E-state index in [2.05, 4.69) is 15.5 Å². The van der Waals surface area contributed by atoms with Gasteiger partial charge in [-0.3, -0.25) is 0 Å². The molecule has 0 aliphatic heterocycles. The first-order valence-electron chi connectivity index (χ1n) is 5.65. The van der Waals surface area contributed by atoms with Gasteiger partial charge in [-0.05, 0) is 37.2 Å². The van der Waals surface area contributed by atoms with Crippen LogP contribution < -0.4 is 5.32 Å². The van der Waals surface area contributed by atoms with E-state index >= 15 is 0 Å². The molecular formula is C12H14FN3S2. The standard InChI is InChI=1S/C12H14FN3S2/c1-3-14-7-9-4-10(13)6-11(5-9)18-12-16-15-8(2)17-12/h4-6,14H,3,7H2,1-2H3. The molecule has 1 N–H and O–H groups in total. The van der Waals surface area contributed by atoms with Gasteiger partial charge in [-0.2, -0.15) is 0 Å². The largest absolute Gasteiger partial charge is 0.313 e. The molecule has 6 heteroatoms. The second kappa shape index (κ2) is 6.26. The van der Waals surface area contributed by atoms with Gasteiger partial charge in [0, 0.05) is 11.4 Å². The summed E-state index contributed by atoms with van der Waals surface area (Å²) >= 11 is 2.96. The minimum Gasteiger partial charge on any atom is -0.313 e. The number of rotatable bonds is 5. The zero-order valence-electron chi connectivity index (χ0n) is 10.2. The van der Waals surface area contributed by atoms with Crippen LogP contribution in [-0.4, -0.2) is 16.7 Å². The van der Waals surface area contributed by atoms with Gasteiger partial charge in [-0.15, -0.1) is 10.2 Å². The van der Waals surface area contributed by atoms with E-state index in [-0.39, 0.29) is 5.82 Å². The van der Waals surface area contributed by atoms with E-state index < -0.39 is 0 Å². The van der Waals surface area contributed by atoms with Crippen LogP contribution in [0.1, 0.15) is 17.5 Å². The molecule has 0 amide bonds. The average molecular weight is 283 g/mol. The fraction of sp³-hybridized carbons (Fsp3) is 0.333. The maximum atomic E-state index is 13.5. The van der Waals surface area contributed by atoms with Crippen molar-refractivity contribution in [2.24, 2.45) is 0 Å². The normalized spacial score (nSPS) is 10.8. The van der Waals surface area contributed by atoms with Crippen LogP contribution in [0.4, 0.5) is 4.39 Å². The van der Waals surface area contributed by atoms with E-state index in [1.165, 1.54) is 29.2 Å². The number of halogens is 1. The highest BCUT2D eigenvalue weighted by Gasteiger charge is 2.06. The van der Waals surface area contributed by atoms with Gasteiger partial charge in [0.25, 0.3) is 0 Å². The SMILES string of the molecule is CCNCc1cc(F)cc(Sc2nnc(C)s2)c1. The van der Waals surface area contributed by atoms with E-state index in [1.807, 2.05) is 19.9 Å². The van der Waals surface area contributed by atoms with Gasteiger partial charge < -0.3 is 5.32 Å². The summed E-state index contributed by atoms with van der Waals surface area (Å²) in [6.45, 7) is 5.48. The predicted molar refractivity (Wildman–Crippen MR) is 72.5 cm³/mol. The number of nitrogens with one attached hydrogen (secondary N) is 1. The zero-order chi connectivity index (χ0) is 13.0. The van der Waals surface area contributed by atoms with Gasteiger partial charge in [0.2, 0.25) is 0 Å². The molecule has 0 fully saturated rings. The van der Waals surface area contributed by atoms with Crippen molar-refractivity contribution in [3.8, 4) is 0 Å². The van der Waals surface area contributed by atoms with E-state index in [1.54, 1.807) is 6.07 Å². The summed E-state index contributed by atoms with van der Waals surface area (Å²) in [6.07, 6.45) is 0. The van der Waals surface area contributed by atoms with Crippen LogP contribution in [0.5, 0.6) is 0 Å². The first-order valence-corrected chi connectivity index (χ1v) is 7.29. The Balaban J connectivity index is 2.14. The molecule has 0 bridgehead atoms. The number of hydrogen-bond acceptors (Lipinski definition) is 5. The Labute approximate surface area is 114 Å². The topological polar surface area (TPSA) is 37.8 Å². The quantitative estimate of drug-likeness (QED) is 0.914. The fourth-order valence-electron chi connectivity index (χ4n) is 1.47. The minimum atomic E-state index is -0.214. The number of hydrogen-bond donors (Lipinski definition) is 1. The van der Waals surface area contributed by atoms with Gasteiger partial charge >= 0.3 is 0 Å². The van der Waals surface area contributed by atoms with Crippen molar-refractivity contribution in [3.63, 3.8) is 0 Å². The van der Waals surface area contributed by atoms with Crippen LogP contribution in [0.15, 0.2) is 27.4 Å². The van der Waals surface area contributed by atoms with Crippen molar-refractivity contribution in [1.82, 2.24) is 15.5 Å². The lowest BCUT2D eigenvalue weighted by Gasteiger charge is -2.05. The number of nitrogens with zero attached hydrogens (tertiary/aromatic N) is 2. The van der Waals surface area contributed by atoms with Crippen molar-refractivity contribution < 1.29 is 4.39 Å². The van der Waals surface area contributed by atoms with Gasteiger partial charge in [0.1, 0.15) is 10.8 Å². The van der Waals surface area contributed by atoms with Crippen molar-refractivity contribution in [1.29, 1.82) is 0 Å². The van der Waals surface area contributed by atoms with Crippen molar-refractivity contribution in [3.05, 3.63) is 34.6 Å². The van der Waals surface area contributed by atoms with Gasteiger partial charge in [0.15, 0.2) is 4.34 Å². The molecule has 0 unspecified atom stereocenters. The first-order chi connectivity index (χ1) is 8.67. The molecule has 0 aliphatic rings. The fourth-order valence-corrected chi connectivity index (χ4v) is 3.37. The molecule has 2 aromatic rings. The third-order valence-corrected chi connectivity index (χ3v) is 4.08. The molecule has 0 radical (unpaired) electrons. The van der Waals surface area contributed by atoms with Crippen LogP contribution in [0.3, 0.4) is 0 Å². The smallest absolute Gasteiger partial charge is 0.179 e. The molecule has 0 saturated heterocycles. The predicted octanol–water partition coefficient (Wildman–Crippen LogP) is 3.25. The number of aryl methyl sites for hydroxylation is 1. The highest BCUT2D eigenvalue weighted by molar-refractivity contribution is 8.01. The third-order valence-electron chi connectivity index (χ3n) is 2.22. The molecule has 2 rings (SSSR count). The Morgan fingerprint density at radius 3 is 2.83 bits per heavy atom. The Hall–Kier alpha value is -0.980. The minimum absolute atomic E-state index is 0.214. The van der Waals surface area contributed by atoms with E-state index in [4.69, 9.17) is 0 Å². The summed E-state index contributed by atoms with van der Waals surface area (Å²) in [5.74, 6) is -0.214. The monoisotopic (exact) mass is 283 g/mol. The van der Waals surface area contributed by atoms with E-state index in [0.717, 1.165) is 26.4 Å². The Bertz CT molecular complexity index is 528. The first kappa shape index (κ1) is 13.5. The van der Waals surface area contributed by atoms with E-state index in [0.29, 0.717) is 6.54 Å². The van der Waals surface area contributed by atoms with Crippen molar-refractivity contribution in [2.75, 3.05) is 6.54 Å². The van der Waals surface area contributed by atoms with Gasteiger partial charge in [-0.25, -0.2) is 4.39 Å². The molecule has 0 aliphatic carbocycles. The van der Waals surface area contributed by atoms with Crippen LogP contribution >= 0.6 is 23.1 Å². The molecule has 18 heavy (non-hydrogen) atoms. The molecule has 3 nitrogen and oxygen atoms in total. The second-order valence-corrected chi connectivity index (χ2v) is 6.27. The maximum absolute atomic E-state index is 13.5. The van der Waals surface area contributed by atoms with Gasteiger partial charge in [0.05, 0.1) is 0 Å². The number of benzene rings is 1. The van der Waals surface area contributed by atoms with Crippen molar-refractivity contribution >= 4 is 23.1 Å². The van der Waals surface area contributed by atoms with E-state index in [9.17, 15) is 4.39 Å². The Kier molecular flexibility index (Phi) is 4.68. The molecule has 1 heterocycles. The summed E-state index contributed by atoms with van der Waals surface area (Å²) in [7, 11) is 0. The highest BCUT2D eigenvalue weighted by Crippen LogP contribution is 2.30. The summed E-state index contributed by atoms with van der Waals surface area (Å²) in [6, 6.07) is 5.06. The maximum Gasteiger partial charge on any atom is 0.179 e. The molecule has 0 spiro atoms. The highest BCUT2D eigenvalue weighted by atomic mass is 32.2. The van der Waals surface area contributed by atoms with Crippen LogP contribution in [0, 0.1) is 12.7 Å². The molecule has 96 valence electrons. The Morgan fingerprint density at radius 1 is 1.33 bits per heavy atom. The zero-order valence-corrected chi connectivity index (χ0v) is 11.9. The average Bonchev–Trinajstić information content (AvgIpc) is 2.71. The molecule has 0 atom stereocenters. The van der Waals surface area contributed by atoms with Crippen LogP contribution in [0.25, 0.3) is 0 Å².